The summed E-state index contributed by atoms with van der Waals surface area (Å²) in [5, 5.41) is -0.650. The highest BCUT2D eigenvalue weighted by Gasteiger charge is 2.45. The Balaban J connectivity index is 2.66. The largest absolute Gasteiger partial charge is 0.298 e. The van der Waals surface area contributed by atoms with Crippen LogP contribution in [0, 0.1) is 0 Å². The van der Waals surface area contributed by atoms with Crippen molar-refractivity contribution >= 4 is 26.0 Å². The molecule has 1 fully saturated rings. The van der Waals surface area contributed by atoms with Crippen molar-refractivity contribution in [3.63, 3.8) is 0 Å². The molecule has 1 radical (unpaired) electrons. The molecule has 0 bridgehead atoms. The lowest BCUT2D eigenvalue weighted by atomic mass is 11.0. The van der Waals surface area contributed by atoms with E-state index in [0.29, 0.717) is 6.42 Å². The van der Waals surface area contributed by atoms with Gasteiger partial charge in [0.05, 0.1) is 0 Å². The lowest BCUT2D eigenvalue weighted by Gasteiger charge is -1.82. The highest BCUT2D eigenvalue weighted by atomic mass is 79.9. The van der Waals surface area contributed by atoms with Crippen molar-refractivity contribution in [1.29, 1.82) is 0 Å². The van der Waals surface area contributed by atoms with Crippen LogP contribution >= 0.6 is 15.9 Å². The van der Waals surface area contributed by atoms with Gasteiger partial charge < -0.3 is 0 Å². The molecule has 5 heteroatoms. The minimum atomic E-state index is -3.98. The minimum absolute atomic E-state index is 0.0787. The molecule has 0 amide bonds. The first-order valence-corrected chi connectivity index (χ1v) is 4.49. The standard InChI is InChI=1S/C3H4BrO3S/c4-2-1-3(2)8(5,6)7/h2-3H,1H2. The van der Waals surface area contributed by atoms with Crippen LogP contribution in [0.1, 0.15) is 6.42 Å². The maximum Gasteiger partial charge on any atom is 0.298 e. The summed E-state index contributed by atoms with van der Waals surface area (Å²) in [7, 11) is -3.98. The van der Waals surface area contributed by atoms with Gasteiger partial charge in [0.1, 0.15) is 5.25 Å². The summed E-state index contributed by atoms with van der Waals surface area (Å²) in [5.41, 5.74) is 0. The van der Waals surface area contributed by atoms with Gasteiger partial charge >= 0.3 is 0 Å². The molecule has 0 spiro atoms. The van der Waals surface area contributed by atoms with E-state index in [4.69, 9.17) is 0 Å². The monoisotopic (exact) mass is 199 g/mol. The fraction of sp³-hybridized carbons (Fsp3) is 1.00. The Morgan fingerprint density at radius 1 is 1.50 bits per heavy atom. The summed E-state index contributed by atoms with van der Waals surface area (Å²) < 4.78 is 30.1. The molecule has 1 aliphatic carbocycles. The van der Waals surface area contributed by atoms with Gasteiger partial charge in [-0.2, -0.15) is 8.42 Å². The summed E-state index contributed by atoms with van der Waals surface area (Å²) >= 11 is 3.01. The molecule has 0 aromatic carbocycles. The Hall–Kier alpha value is 0.390. The SMILES string of the molecule is [O]S(=O)(=O)C1CC1Br. The molecule has 0 N–H and O–H groups in total. The Morgan fingerprint density at radius 3 is 1.88 bits per heavy atom. The highest BCUT2D eigenvalue weighted by molar-refractivity contribution is 9.09. The fourth-order valence-corrected chi connectivity index (χ4v) is 2.69. The third kappa shape index (κ3) is 1.21. The van der Waals surface area contributed by atoms with Gasteiger partial charge in [0, 0.05) is 4.83 Å². The summed E-state index contributed by atoms with van der Waals surface area (Å²) in [6.45, 7) is 0. The molecule has 47 valence electrons. The number of alkyl halides is 1. The van der Waals surface area contributed by atoms with E-state index in [1.807, 2.05) is 0 Å². The molecule has 1 saturated carbocycles. The summed E-state index contributed by atoms with van der Waals surface area (Å²) in [6.07, 6.45) is 0.478. The second-order valence-electron chi connectivity index (χ2n) is 1.78. The Morgan fingerprint density at radius 2 is 1.88 bits per heavy atom. The van der Waals surface area contributed by atoms with Gasteiger partial charge in [0.15, 0.2) is 0 Å². The zero-order chi connectivity index (χ0) is 6.36. The molecule has 0 aliphatic heterocycles. The lowest BCUT2D eigenvalue weighted by Crippen LogP contribution is -2.03. The normalized spacial score (nSPS) is 37.2. The van der Waals surface area contributed by atoms with Crippen molar-refractivity contribution in [2.24, 2.45) is 0 Å². The molecular formula is C3H4BrO3S. The van der Waals surface area contributed by atoms with E-state index >= 15 is 0 Å². The number of hydrogen-bond donors (Lipinski definition) is 0. The van der Waals surface area contributed by atoms with Gasteiger partial charge in [0.2, 0.25) is 0 Å². The summed E-state index contributed by atoms with van der Waals surface area (Å²) in [6, 6.07) is 0. The van der Waals surface area contributed by atoms with E-state index in [-0.39, 0.29) is 4.83 Å². The predicted octanol–water partition coefficient (Wildman–Crippen LogP) is 0.283. The molecule has 1 aliphatic rings. The van der Waals surface area contributed by atoms with E-state index in [9.17, 15) is 13.0 Å². The van der Waals surface area contributed by atoms with E-state index in [1.54, 1.807) is 0 Å². The van der Waals surface area contributed by atoms with Crippen LogP contribution in [0.4, 0.5) is 0 Å². The highest BCUT2D eigenvalue weighted by Crippen LogP contribution is 2.35. The first kappa shape index (κ1) is 6.51. The molecule has 1 rings (SSSR count). The Kier molecular flexibility index (Phi) is 1.37. The fourth-order valence-electron chi connectivity index (χ4n) is 0.442. The minimum Gasteiger partial charge on any atom is -0.197 e. The van der Waals surface area contributed by atoms with Crippen LogP contribution < -0.4 is 0 Å². The summed E-state index contributed by atoms with van der Waals surface area (Å²) in [4.78, 5) is -0.0787. The molecule has 0 saturated heterocycles. The molecule has 2 atom stereocenters. The molecule has 8 heavy (non-hydrogen) atoms. The Labute approximate surface area is 56.0 Å². The van der Waals surface area contributed by atoms with Crippen molar-refractivity contribution in [1.82, 2.24) is 0 Å². The van der Waals surface area contributed by atoms with E-state index in [2.05, 4.69) is 15.9 Å². The van der Waals surface area contributed by atoms with Crippen LogP contribution in [-0.4, -0.2) is 18.5 Å². The third-order valence-corrected chi connectivity index (χ3v) is 3.65. The van der Waals surface area contributed by atoms with Crippen LogP contribution in [0.15, 0.2) is 0 Å². The average molecular weight is 200 g/mol. The van der Waals surface area contributed by atoms with Crippen molar-refractivity contribution in [3.05, 3.63) is 0 Å². The van der Waals surface area contributed by atoms with Crippen LogP contribution in [0.2, 0.25) is 0 Å². The zero-order valence-corrected chi connectivity index (χ0v) is 6.28. The van der Waals surface area contributed by atoms with Gasteiger partial charge in [-0.1, -0.05) is 20.5 Å². The molecule has 2 unspecified atom stereocenters. The van der Waals surface area contributed by atoms with Crippen molar-refractivity contribution in [2.45, 2.75) is 16.5 Å². The average Bonchev–Trinajstić information content (AvgIpc) is 2.13. The van der Waals surface area contributed by atoms with Crippen LogP contribution in [0.5, 0.6) is 0 Å². The smallest absolute Gasteiger partial charge is 0.197 e. The molecule has 0 aromatic rings. The third-order valence-electron chi connectivity index (χ3n) is 1.03. The van der Waals surface area contributed by atoms with E-state index in [0.717, 1.165) is 0 Å². The topological polar surface area (TPSA) is 54.0 Å². The molecule has 0 heterocycles. The first-order chi connectivity index (χ1) is 3.52. The number of hydrogen-bond acceptors (Lipinski definition) is 2. The van der Waals surface area contributed by atoms with Gasteiger partial charge in [-0.25, -0.2) is 0 Å². The van der Waals surface area contributed by atoms with E-state index < -0.39 is 15.4 Å². The van der Waals surface area contributed by atoms with Crippen LogP contribution in [0.3, 0.4) is 0 Å². The second kappa shape index (κ2) is 1.68. The maximum absolute atomic E-state index is 10.0. The van der Waals surface area contributed by atoms with Gasteiger partial charge in [0.25, 0.3) is 10.1 Å². The van der Waals surface area contributed by atoms with Crippen LogP contribution in [-0.2, 0) is 14.7 Å². The van der Waals surface area contributed by atoms with Gasteiger partial charge in [-0.3, -0.25) is 0 Å². The summed E-state index contributed by atoms with van der Waals surface area (Å²) in [5.74, 6) is 0. The second-order valence-corrected chi connectivity index (χ2v) is 4.55. The lowest BCUT2D eigenvalue weighted by molar-refractivity contribution is 0.413. The molecule has 3 nitrogen and oxygen atoms in total. The quantitative estimate of drug-likeness (QED) is 0.571. The molecule has 0 aromatic heterocycles. The predicted molar refractivity (Wildman–Crippen MR) is 30.7 cm³/mol. The first-order valence-electron chi connectivity index (χ1n) is 2.10. The van der Waals surface area contributed by atoms with Crippen molar-refractivity contribution in [3.8, 4) is 0 Å². The van der Waals surface area contributed by atoms with E-state index in [1.165, 1.54) is 0 Å². The van der Waals surface area contributed by atoms with Crippen molar-refractivity contribution < 1.29 is 13.0 Å². The van der Waals surface area contributed by atoms with Crippen LogP contribution in [0.25, 0.3) is 0 Å². The van der Waals surface area contributed by atoms with Gasteiger partial charge in [-0.15, -0.1) is 0 Å². The number of rotatable bonds is 1. The van der Waals surface area contributed by atoms with Gasteiger partial charge in [-0.05, 0) is 6.42 Å². The Bertz CT molecular complexity index is 185. The maximum atomic E-state index is 10.0. The molecular weight excluding hydrogens is 196 g/mol. The van der Waals surface area contributed by atoms with Crippen molar-refractivity contribution in [2.75, 3.05) is 0 Å². The zero-order valence-electron chi connectivity index (χ0n) is 3.87. The number of halogens is 1.